The maximum atomic E-state index is 12.1. The first-order valence-corrected chi connectivity index (χ1v) is 7.64. The molecule has 0 saturated carbocycles. The molecule has 0 bridgehead atoms. The lowest BCUT2D eigenvalue weighted by atomic mass is 9.89. The van der Waals surface area contributed by atoms with Crippen LogP contribution in [0.3, 0.4) is 0 Å². The zero-order chi connectivity index (χ0) is 14.5. The average molecular weight is 311 g/mol. The Hall–Kier alpha value is -1.06. The monoisotopic (exact) mass is 310 g/mol. The molecular weight excluding hydrogens is 284 g/mol. The smallest absolute Gasteiger partial charge is 0.220 e. The summed E-state index contributed by atoms with van der Waals surface area (Å²) in [5.41, 5.74) is 2.49. The highest BCUT2D eigenvalue weighted by Gasteiger charge is 2.28. The van der Waals surface area contributed by atoms with Crippen molar-refractivity contribution in [1.29, 1.82) is 0 Å². The summed E-state index contributed by atoms with van der Waals surface area (Å²) in [4.78, 5) is 12.1. The number of nitrogens with one attached hydrogen (secondary N) is 2. The molecule has 3 atom stereocenters. The molecule has 2 rings (SSSR count). The van der Waals surface area contributed by atoms with Crippen LogP contribution in [0.4, 0.5) is 0 Å². The standard InChI is InChI=1S/C17H26N2O.ClH/c1-12-4-6-15(7-5-12)8-9-16(20)19-17-13(2)10-11-18-14(17)3;/h4-7,13-14,17-18H,8-11H2,1-3H3,(H,19,20);1H. The fraction of sp³-hybridized carbons (Fsp3) is 0.588. The summed E-state index contributed by atoms with van der Waals surface area (Å²) in [6.07, 6.45) is 2.52. The summed E-state index contributed by atoms with van der Waals surface area (Å²) < 4.78 is 0. The van der Waals surface area contributed by atoms with Crippen LogP contribution in [-0.2, 0) is 11.2 Å². The summed E-state index contributed by atoms with van der Waals surface area (Å²) in [5.74, 6) is 0.715. The van der Waals surface area contributed by atoms with Crippen LogP contribution >= 0.6 is 12.4 Å². The molecular formula is C17H27ClN2O. The number of carbonyl (C=O) groups excluding carboxylic acids is 1. The molecule has 1 amide bonds. The van der Waals surface area contributed by atoms with Crippen LogP contribution in [0, 0.1) is 12.8 Å². The Morgan fingerprint density at radius 3 is 2.57 bits per heavy atom. The maximum absolute atomic E-state index is 12.1. The lowest BCUT2D eigenvalue weighted by Gasteiger charge is -2.36. The molecule has 2 N–H and O–H groups in total. The highest BCUT2D eigenvalue weighted by atomic mass is 35.5. The van der Waals surface area contributed by atoms with E-state index >= 15 is 0 Å². The molecule has 0 spiro atoms. The van der Waals surface area contributed by atoms with Gasteiger partial charge in [-0.2, -0.15) is 0 Å². The zero-order valence-corrected chi connectivity index (χ0v) is 14.0. The van der Waals surface area contributed by atoms with Gasteiger partial charge in [-0.3, -0.25) is 4.79 Å². The van der Waals surface area contributed by atoms with E-state index < -0.39 is 0 Å². The molecule has 21 heavy (non-hydrogen) atoms. The van der Waals surface area contributed by atoms with E-state index in [-0.39, 0.29) is 24.4 Å². The van der Waals surface area contributed by atoms with Gasteiger partial charge in [0.1, 0.15) is 0 Å². The number of hydrogen-bond acceptors (Lipinski definition) is 2. The number of halogens is 1. The third-order valence-electron chi connectivity index (χ3n) is 4.31. The van der Waals surface area contributed by atoms with E-state index in [1.54, 1.807) is 0 Å². The number of piperidine rings is 1. The molecule has 4 heteroatoms. The fourth-order valence-corrected chi connectivity index (χ4v) is 2.88. The Balaban J connectivity index is 0.00000220. The summed E-state index contributed by atoms with van der Waals surface area (Å²) in [7, 11) is 0. The van der Waals surface area contributed by atoms with Crippen molar-refractivity contribution in [2.45, 2.75) is 52.1 Å². The second kappa shape index (κ2) is 8.40. The lowest BCUT2D eigenvalue weighted by Crippen LogP contribution is -2.55. The molecule has 118 valence electrons. The van der Waals surface area contributed by atoms with Crippen LogP contribution in [0.15, 0.2) is 24.3 Å². The largest absolute Gasteiger partial charge is 0.352 e. The average Bonchev–Trinajstić information content (AvgIpc) is 2.42. The minimum absolute atomic E-state index is 0. The van der Waals surface area contributed by atoms with E-state index in [1.807, 2.05) is 0 Å². The highest BCUT2D eigenvalue weighted by molar-refractivity contribution is 5.85. The molecule has 1 aliphatic rings. The van der Waals surface area contributed by atoms with Crippen molar-refractivity contribution in [3.8, 4) is 0 Å². The maximum Gasteiger partial charge on any atom is 0.220 e. The molecule has 3 unspecified atom stereocenters. The van der Waals surface area contributed by atoms with Crippen LogP contribution in [0.25, 0.3) is 0 Å². The quantitative estimate of drug-likeness (QED) is 0.898. The number of benzene rings is 1. The van der Waals surface area contributed by atoms with Crippen molar-refractivity contribution in [3.63, 3.8) is 0 Å². The van der Waals surface area contributed by atoms with Crippen molar-refractivity contribution < 1.29 is 4.79 Å². The summed E-state index contributed by atoms with van der Waals surface area (Å²) in [5, 5.41) is 6.63. The Morgan fingerprint density at radius 1 is 1.29 bits per heavy atom. The molecule has 0 aromatic heterocycles. The molecule has 0 aliphatic carbocycles. The van der Waals surface area contributed by atoms with Gasteiger partial charge >= 0.3 is 0 Å². The predicted octanol–water partition coefficient (Wildman–Crippen LogP) is 2.85. The van der Waals surface area contributed by atoms with E-state index in [1.165, 1.54) is 11.1 Å². The van der Waals surface area contributed by atoms with Gasteiger partial charge in [0.2, 0.25) is 5.91 Å². The second-order valence-electron chi connectivity index (χ2n) is 6.09. The molecule has 1 fully saturated rings. The first-order valence-electron chi connectivity index (χ1n) is 7.64. The Bertz CT molecular complexity index is 437. The van der Waals surface area contributed by atoms with Crippen molar-refractivity contribution >= 4 is 18.3 Å². The van der Waals surface area contributed by atoms with Crippen LogP contribution in [0.2, 0.25) is 0 Å². The van der Waals surface area contributed by atoms with Crippen molar-refractivity contribution in [2.24, 2.45) is 5.92 Å². The van der Waals surface area contributed by atoms with E-state index in [0.29, 0.717) is 18.4 Å². The Labute approximate surface area is 134 Å². The van der Waals surface area contributed by atoms with Gasteiger partial charge in [-0.05, 0) is 44.7 Å². The molecule has 1 aromatic carbocycles. The molecule has 1 heterocycles. The number of amides is 1. The van der Waals surface area contributed by atoms with Crippen molar-refractivity contribution in [3.05, 3.63) is 35.4 Å². The first-order chi connectivity index (χ1) is 9.56. The minimum atomic E-state index is 0. The third kappa shape index (κ3) is 5.33. The summed E-state index contributed by atoms with van der Waals surface area (Å²) >= 11 is 0. The molecule has 1 aliphatic heterocycles. The highest BCUT2D eigenvalue weighted by Crippen LogP contribution is 2.16. The third-order valence-corrected chi connectivity index (χ3v) is 4.31. The van der Waals surface area contributed by atoms with Gasteiger partial charge in [0.25, 0.3) is 0 Å². The van der Waals surface area contributed by atoms with Gasteiger partial charge in [0, 0.05) is 18.5 Å². The van der Waals surface area contributed by atoms with Gasteiger partial charge in [0.15, 0.2) is 0 Å². The van der Waals surface area contributed by atoms with Crippen LogP contribution in [0.1, 0.15) is 37.8 Å². The van der Waals surface area contributed by atoms with E-state index in [4.69, 9.17) is 0 Å². The number of hydrogen-bond donors (Lipinski definition) is 2. The van der Waals surface area contributed by atoms with Crippen molar-refractivity contribution in [1.82, 2.24) is 10.6 Å². The number of carbonyl (C=O) groups is 1. The van der Waals surface area contributed by atoms with Crippen LogP contribution in [-0.4, -0.2) is 24.5 Å². The topological polar surface area (TPSA) is 41.1 Å². The molecule has 3 nitrogen and oxygen atoms in total. The van der Waals surface area contributed by atoms with E-state index in [2.05, 4.69) is 55.7 Å². The first kappa shape index (κ1) is 18.0. The Kier molecular flexibility index (Phi) is 7.20. The van der Waals surface area contributed by atoms with Crippen molar-refractivity contribution in [2.75, 3.05) is 6.54 Å². The van der Waals surface area contributed by atoms with Crippen LogP contribution in [0.5, 0.6) is 0 Å². The Morgan fingerprint density at radius 2 is 1.95 bits per heavy atom. The van der Waals surface area contributed by atoms with E-state index in [9.17, 15) is 4.79 Å². The second-order valence-corrected chi connectivity index (χ2v) is 6.09. The van der Waals surface area contributed by atoms with Gasteiger partial charge in [-0.25, -0.2) is 0 Å². The normalized spacial score (nSPS) is 25.0. The van der Waals surface area contributed by atoms with Gasteiger partial charge in [-0.15, -0.1) is 12.4 Å². The minimum Gasteiger partial charge on any atom is -0.352 e. The number of rotatable bonds is 4. The van der Waals surface area contributed by atoms with Gasteiger partial charge in [0.05, 0.1) is 0 Å². The zero-order valence-electron chi connectivity index (χ0n) is 13.2. The SMILES string of the molecule is Cc1ccc(CCC(=O)NC2C(C)CCNC2C)cc1.Cl. The predicted molar refractivity (Wildman–Crippen MR) is 89.9 cm³/mol. The van der Waals surface area contributed by atoms with Crippen LogP contribution < -0.4 is 10.6 Å². The number of aryl methyl sites for hydroxylation is 2. The molecule has 0 radical (unpaired) electrons. The summed E-state index contributed by atoms with van der Waals surface area (Å²) in [6.45, 7) is 7.51. The molecule has 1 aromatic rings. The molecule has 1 saturated heterocycles. The van der Waals surface area contributed by atoms with Gasteiger partial charge < -0.3 is 10.6 Å². The summed E-state index contributed by atoms with van der Waals surface area (Å²) in [6, 6.07) is 9.04. The van der Waals surface area contributed by atoms with Gasteiger partial charge in [-0.1, -0.05) is 36.8 Å². The van der Waals surface area contributed by atoms with E-state index in [0.717, 1.165) is 19.4 Å². The lowest BCUT2D eigenvalue weighted by molar-refractivity contribution is -0.122. The fourth-order valence-electron chi connectivity index (χ4n) is 2.88.